The van der Waals surface area contributed by atoms with E-state index in [9.17, 15) is 0 Å². The lowest BCUT2D eigenvalue weighted by molar-refractivity contribution is 0.300. The minimum absolute atomic E-state index is 0.859. The van der Waals surface area contributed by atoms with Crippen molar-refractivity contribution in [3.05, 3.63) is 26.6 Å². The summed E-state index contributed by atoms with van der Waals surface area (Å²) in [4.78, 5) is 0. The quantitative estimate of drug-likeness (QED) is 0.850. The molecule has 2 nitrogen and oxygen atoms in total. The number of hydrogen-bond acceptors (Lipinski definition) is 2. The topological polar surface area (TPSA) is 21.3 Å². The molecule has 0 atom stereocenters. The van der Waals surface area contributed by atoms with Crippen molar-refractivity contribution >= 4 is 31.9 Å². The Morgan fingerprint density at radius 3 is 2.71 bits per heavy atom. The maximum Gasteiger partial charge on any atom is 0.137 e. The lowest BCUT2D eigenvalue weighted by Crippen LogP contribution is -2.27. The highest BCUT2D eigenvalue weighted by atomic mass is 79.9. The van der Waals surface area contributed by atoms with Crippen molar-refractivity contribution < 1.29 is 4.74 Å². The predicted octanol–water partition coefficient (Wildman–Crippen LogP) is 4.11. The molecule has 0 radical (unpaired) electrons. The minimum Gasteiger partial charge on any atom is -0.495 e. The molecular weight excluding hydrogens is 346 g/mol. The van der Waals surface area contributed by atoms with E-state index in [0.717, 1.165) is 33.7 Å². The largest absolute Gasteiger partial charge is 0.495 e. The van der Waals surface area contributed by atoms with Crippen LogP contribution in [0.5, 0.6) is 5.75 Å². The average Bonchev–Trinajstić information content (AvgIpc) is 2.21. The molecule has 0 aromatic heterocycles. The predicted molar refractivity (Wildman–Crippen MR) is 77.4 cm³/mol. The Labute approximate surface area is 119 Å². The van der Waals surface area contributed by atoms with E-state index in [0.29, 0.717) is 0 Å². The highest BCUT2D eigenvalue weighted by molar-refractivity contribution is 9.11. The standard InChI is InChI=1S/C13H17Br2NO/c1-17-13-10(5-11(14)6-12(13)15)8-16-7-9-3-2-4-9/h5-6,9,16H,2-4,7-8H2,1H3. The van der Waals surface area contributed by atoms with Crippen LogP contribution in [0.2, 0.25) is 0 Å². The lowest BCUT2D eigenvalue weighted by atomic mass is 9.85. The molecule has 1 N–H and O–H groups in total. The number of nitrogens with one attached hydrogen (secondary N) is 1. The van der Waals surface area contributed by atoms with Gasteiger partial charge in [0, 0.05) is 16.6 Å². The fourth-order valence-electron chi connectivity index (χ4n) is 2.08. The first kappa shape index (κ1) is 13.4. The summed E-state index contributed by atoms with van der Waals surface area (Å²) in [6, 6.07) is 4.12. The second kappa shape index (κ2) is 6.21. The third-order valence-corrected chi connectivity index (χ3v) is 4.31. The number of rotatable bonds is 5. The van der Waals surface area contributed by atoms with Gasteiger partial charge >= 0.3 is 0 Å². The first-order chi connectivity index (χ1) is 8.20. The molecule has 0 heterocycles. The maximum atomic E-state index is 5.42. The Morgan fingerprint density at radius 1 is 1.35 bits per heavy atom. The zero-order chi connectivity index (χ0) is 12.3. The molecule has 1 saturated carbocycles. The Morgan fingerprint density at radius 2 is 2.12 bits per heavy atom. The second-order valence-corrected chi connectivity index (χ2v) is 6.28. The number of ether oxygens (including phenoxy) is 1. The molecule has 0 unspecified atom stereocenters. The minimum atomic E-state index is 0.859. The van der Waals surface area contributed by atoms with Crippen LogP contribution in [-0.4, -0.2) is 13.7 Å². The van der Waals surface area contributed by atoms with E-state index in [4.69, 9.17) is 4.74 Å². The van der Waals surface area contributed by atoms with E-state index >= 15 is 0 Å². The van der Waals surface area contributed by atoms with Crippen LogP contribution in [-0.2, 0) is 6.54 Å². The molecule has 0 spiro atoms. The maximum absolute atomic E-state index is 5.42. The molecule has 94 valence electrons. The van der Waals surface area contributed by atoms with Crippen LogP contribution in [0.4, 0.5) is 0 Å². The molecule has 4 heteroatoms. The van der Waals surface area contributed by atoms with Crippen molar-refractivity contribution in [3.63, 3.8) is 0 Å². The molecule has 2 rings (SSSR count). The van der Waals surface area contributed by atoms with Crippen molar-refractivity contribution in [2.24, 2.45) is 5.92 Å². The highest BCUT2D eigenvalue weighted by Gasteiger charge is 2.17. The van der Waals surface area contributed by atoms with Gasteiger partial charge in [0.25, 0.3) is 0 Å². The van der Waals surface area contributed by atoms with Gasteiger partial charge in [-0.25, -0.2) is 0 Å². The summed E-state index contributed by atoms with van der Waals surface area (Å²) in [5.74, 6) is 1.81. The fraction of sp³-hybridized carbons (Fsp3) is 0.538. The van der Waals surface area contributed by atoms with Crippen LogP contribution in [0.1, 0.15) is 24.8 Å². The van der Waals surface area contributed by atoms with Crippen LogP contribution < -0.4 is 10.1 Å². The van der Waals surface area contributed by atoms with Crippen LogP contribution >= 0.6 is 31.9 Å². The molecule has 1 aliphatic rings. The number of hydrogen-bond donors (Lipinski definition) is 1. The molecular formula is C13H17Br2NO. The van der Waals surface area contributed by atoms with Gasteiger partial charge in [-0.2, -0.15) is 0 Å². The van der Waals surface area contributed by atoms with E-state index in [1.807, 2.05) is 6.07 Å². The fourth-order valence-corrected chi connectivity index (χ4v) is 3.56. The van der Waals surface area contributed by atoms with Crippen molar-refractivity contribution in [1.82, 2.24) is 5.32 Å². The van der Waals surface area contributed by atoms with Crippen LogP contribution in [0, 0.1) is 5.92 Å². The number of methoxy groups -OCH3 is 1. The zero-order valence-corrected chi connectivity index (χ0v) is 13.1. The average molecular weight is 363 g/mol. The number of benzene rings is 1. The van der Waals surface area contributed by atoms with Crippen molar-refractivity contribution in [2.75, 3.05) is 13.7 Å². The van der Waals surface area contributed by atoms with E-state index in [1.165, 1.54) is 24.8 Å². The first-order valence-electron chi connectivity index (χ1n) is 5.93. The molecule has 1 fully saturated rings. The molecule has 1 aromatic carbocycles. The highest BCUT2D eigenvalue weighted by Crippen LogP contribution is 2.32. The molecule has 0 saturated heterocycles. The Hall–Kier alpha value is -0.0600. The van der Waals surface area contributed by atoms with Gasteiger partial charge in [0.1, 0.15) is 5.75 Å². The summed E-state index contributed by atoms with van der Waals surface area (Å²) < 4.78 is 7.49. The molecule has 1 aromatic rings. The monoisotopic (exact) mass is 361 g/mol. The molecule has 1 aliphatic carbocycles. The summed E-state index contributed by atoms with van der Waals surface area (Å²) >= 11 is 7.03. The van der Waals surface area contributed by atoms with E-state index in [2.05, 4.69) is 43.2 Å². The summed E-state index contributed by atoms with van der Waals surface area (Å²) in [5, 5.41) is 3.51. The summed E-state index contributed by atoms with van der Waals surface area (Å²) in [5.41, 5.74) is 1.19. The first-order valence-corrected chi connectivity index (χ1v) is 7.52. The van der Waals surface area contributed by atoms with E-state index < -0.39 is 0 Å². The number of halogens is 2. The third-order valence-electron chi connectivity index (χ3n) is 3.26. The SMILES string of the molecule is COc1c(Br)cc(Br)cc1CNCC1CCC1. The molecule has 0 amide bonds. The summed E-state index contributed by atoms with van der Waals surface area (Å²) in [7, 11) is 1.71. The smallest absolute Gasteiger partial charge is 0.137 e. The Kier molecular flexibility index (Phi) is 4.88. The van der Waals surface area contributed by atoms with Gasteiger partial charge in [-0.05, 0) is 53.4 Å². The Bertz CT molecular complexity index is 391. The van der Waals surface area contributed by atoms with Gasteiger partial charge in [0.05, 0.1) is 11.6 Å². The van der Waals surface area contributed by atoms with Gasteiger partial charge in [-0.15, -0.1) is 0 Å². The lowest BCUT2D eigenvalue weighted by Gasteiger charge is -2.25. The molecule has 0 aliphatic heterocycles. The van der Waals surface area contributed by atoms with Gasteiger partial charge < -0.3 is 10.1 Å². The summed E-state index contributed by atoms with van der Waals surface area (Å²) in [6.07, 6.45) is 4.16. The second-order valence-electron chi connectivity index (χ2n) is 4.51. The van der Waals surface area contributed by atoms with Crippen molar-refractivity contribution in [2.45, 2.75) is 25.8 Å². The van der Waals surface area contributed by atoms with Crippen molar-refractivity contribution in [1.29, 1.82) is 0 Å². The van der Waals surface area contributed by atoms with Gasteiger partial charge in [0.15, 0.2) is 0 Å². The van der Waals surface area contributed by atoms with Gasteiger partial charge in [-0.3, -0.25) is 0 Å². The summed E-state index contributed by atoms with van der Waals surface area (Å²) in [6.45, 7) is 1.98. The Balaban J connectivity index is 1.97. The van der Waals surface area contributed by atoms with Gasteiger partial charge in [-0.1, -0.05) is 22.4 Å². The van der Waals surface area contributed by atoms with Crippen LogP contribution in [0.3, 0.4) is 0 Å². The zero-order valence-electron chi connectivity index (χ0n) is 9.93. The normalized spacial score (nSPS) is 15.7. The third kappa shape index (κ3) is 3.46. The molecule has 0 bridgehead atoms. The van der Waals surface area contributed by atoms with Crippen molar-refractivity contribution in [3.8, 4) is 5.75 Å². The van der Waals surface area contributed by atoms with Crippen LogP contribution in [0.15, 0.2) is 21.1 Å². The van der Waals surface area contributed by atoms with E-state index in [1.54, 1.807) is 7.11 Å². The molecule has 17 heavy (non-hydrogen) atoms. The van der Waals surface area contributed by atoms with Gasteiger partial charge in [0.2, 0.25) is 0 Å². The van der Waals surface area contributed by atoms with E-state index in [-0.39, 0.29) is 0 Å². The van der Waals surface area contributed by atoms with Crippen LogP contribution in [0.25, 0.3) is 0 Å².